The lowest BCUT2D eigenvalue weighted by atomic mass is 9.93. The van der Waals surface area contributed by atoms with Crippen molar-refractivity contribution < 1.29 is 19.2 Å². The van der Waals surface area contributed by atoms with Gasteiger partial charge in [0.05, 0.1) is 0 Å². The van der Waals surface area contributed by atoms with Crippen LogP contribution in [0.15, 0.2) is 34.9 Å². The molecule has 1 aliphatic heterocycles. The van der Waals surface area contributed by atoms with E-state index in [1.54, 1.807) is 6.07 Å². The van der Waals surface area contributed by atoms with Crippen molar-refractivity contribution >= 4 is 11.9 Å². The van der Waals surface area contributed by atoms with Gasteiger partial charge in [-0.05, 0) is 24.0 Å². The number of nitrogens with zero attached hydrogens (tertiary/aromatic N) is 2. The Hall–Kier alpha value is -2.63. The fraction of sp³-hybridized carbons (Fsp3) is 0.353. The summed E-state index contributed by atoms with van der Waals surface area (Å²) >= 11 is 0. The van der Waals surface area contributed by atoms with Crippen LogP contribution in [0.3, 0.4) is 0 Å². The Morgan fingerprint density at radius 2 is 1.96 bits per heavy atom. The van der Waals surface area contributed by atoms with E-state index >= 15 is 0 Å². The average Bonchev–Trinajstić information content (AvgIpc) is 3.30. The Bertz CT molecular complexity index is 778. The summed E-state index contributed by atoms with van der Waals surface area (Å²) in [5.74, 6) is -0.305. The molecule has 1 aromatic carbocycles. The standard InChI is InChI=1S/C17H16N2O4/c20-16(13-8-15(23-18-13)10-5-6-10)19-9-12-4-2-1-3-11(12)7-14(19)17(21)22/h1-4,8,10,14H,5-7,9H2,(H,21,22)/t14-/m0/s1. The Morgan fingerprint density at radius 1 is 1.22 bits per heavy atom. The van der Waals surface area contributed by atoms with Crippen molar-refractivity contribution in [2.45, 2.75) is 37.8 Å². The van der Waals surface area contributed by atoms with Crippen LogP contribution in [0.2, 0.25) is 0 Å². The van der Waals surface area contributed by atoms with Crippen LogP contribution in [0, 0.1) is 0 Å². The minimum absolute atomic E-state index is 0.192. The second-order valence-corrected chi connectivity index (χ2v) is 6.15. The lowest BCUT2D eigenvalue weighted by Gasteiger charge is -2.33. The van der Waals surface area contributed by atoms with E-state index < -0.39 is 12.0 Å². The lowest BCUT2D eigenvalue weighted by molar-refractivity contribution is -0.142. The third-order valence-electron chi connectivity index (χ3n) is 4.52. The summed E-state index contributed by atoms with van der Waals surface area (Å²) in [6, 6.07) is 8.39. The van der Waals surface area contributed by atoms with Crippen LogP contribution in [-0.2, 0) is 17.8 Å². The predicted molar refractivity (Wildman–Crippen MR) is 79.9 cm³/mol. The maximum Gasteiger partial charge on any atom is 0.326 e. The number of hydrogen-bond acceptors (Lipinski definition) is 4. The normalized spacial score (nSPS) is 20.2. The summed E-state index contributed by atoms with van der Waals surface area (Å²) in [4.78, 5) is 25.7. The summed E-state index contributed by atoms with van der Waals surface area (Å²) in [6.07, 6.45) is 2.42. The molecule has 2 aromatic rings. The lowest BCUT2D eigenvalue weighted by Crippen LogP contribution is -2.48. The summed E-state index contributed by atoms with van der Waals surface area (Å²) in [5, 5.41) is 13.3. The quantitative estimate of drug-likeness (QED) is 0.939. The molecule has 1 saturated carbocycles. The zero-order chi connectivity index (χ0) is 16.0. The molecule has 6 heteroatoms. The molecule has 1 aliphatic carbocycles. The van der Waals surface area contributed by atoms with Gasteiger partial charge in [0, 0.05) is 24.9 Å². The number of benzene rings is 1. The summed E-state index contributed by atoms with van der Waals surface area (Å²) in [7, 11) is 0. The maximum absolute atomic E-state index is 12.7. The molecular formula is C17H16N2O4. The van der Waals surface area contributed by atoms with Crippen molar-refractivity contribution in [1.82, 2.24) is 10.1 Å². The fourth-order valence-corrected chi connectivity index (χ4v) is 3.05. The van der Waals surface area contributed by atoms with Crippen molar-refractivity contribution in [3.05, 3.63) is 52.9 Å². The predicted octanol–water partition coefficient (Wildman–Crippen LogP) is 2.20. The van der Waals surface area contributed by atoms with Gasteiger partial charge in [0.15, 0.2) is 5.69 Å². The second kappa shape index (κ2) is 5.22. The molecule has 118 valence electrons. The highest BCUT2D eigenvalue weighted by atomic mass is 16.5. The molecule has 1 N–H and O–H groups in total. The van der Waals surface area contributed by atoms with E-state index in [4.69, 9.17) is 4.52 Å². The number of amides is 1. The van der Waals surface area contributed by atoms with Gasteiger partial charge in [0.2, 0.25) is 0 Å². The molecule has 1 amide bonds. The van der Waals surface area contributed by atoms with Gasteiger partial charge in [-0.25, -0.2) is 4.79 Å². The first kappa shape index (κ1) is 14.0. The number of aliphatic carboxylic acids is 1. The Kier molecular flexibility index (Phi) is 3.18. The van der Waals surface area contributed by atoms with E-state index in [0.717, 1.165) is 29.7 Å². The Labute approximate surface area is 132 Å². The summed E-state index contributed by atoms with van der Waals surface area (Å²) in [5.41, 5.74) is 2.14. The molecule has 2 heterocycles. The molecule has 1 atom stereocenters. The molecule has 0 spiro atoms. The monoisotopic (exact) mass is 312 g/mol. The highest BCUT2D eigenvalue weighted by Crippen LogP contribution is 2.40. The van der Waals surface area contributed by atoms with Crippen molar-refractivity contribution in [3.8, 4) is 0 Å². The van der Waals surface area contributed by atoms with E-state index in [1.165, 1.54) is 4.90 Å². The van der Waals surface area contributed by atoms with Crippen LogP contribution in [0.1, 0.15) is 46.1 Å². The Balaban J connectivity index is 1.64. The van der Waals surface area contributed by atoms with E-state index in [1.807, 2.05) is 24.3 Å². The first-order valence-corrected chi connectivity index (χ1v) is 7.70. The molecule has 0 saturated heterocycles. The van der Waals surface area contributed by atoms with E-state index in [2.05, 4.69) is 5.16 Å². The Morgan fingerprint density at radius 3 is 2.65 bits per heavy atom. The number of carboxylic acids is 1. The van der Waals surface area contributed by atoms with Gasteiger partial charge in [0.25, 0.3) is 5.91 Å². The van der Waals surface area contributed by atoms with E-state index in [0.29, 0.717) is 12.3 Å². The van der Waals surface area contributed by atoms with Crippen LogP contribution < -0.4 is 0 Å². The molecule has 1 fully saturated rings. The zero-order valence-electron chi connectivity index (χ0n) is 12.4. The third-order valence-corrected chi connectivity index (χ3v) is 4.52. The summed E-state index contributed by atoms with van der Waals surface area (Å²) < 4.78 is 5.22. The van der Waals surface area contributed by atoms with Crippen LogP contribution >= 0.6 is 0 Å². The number of carbonyl (C=O) groups excluding carboxylic acids is 1. The number of carboxylic acid groups (broad SMARTS) is 1. The molecule has 4 rings (SSSR count). The van der Waals surface area contributed by atoms with Crippen LogP contribution in [0.5, 0.6) is 0 Å². The fourth-order valence-electron chi connectivity index (χ4n) is 3.05. The number of aromatic nitrogens is 1. The van der Waals surface area contributed by atoms with Crippen molar-refractivity contribution in [2.75, 3.05) is 0 Å². The number of hydrogen-bond donors (Lipinski definition) is 1. The molecule has 2 aliphatic rings. The first-order valence-electron chi connectivity index (χ1n) is 7.70. The first-order chi connectivity index (χ1) is 11.1. The highest BCUT2D eigenvalue weighted by Gasteiger charge is 2.37. The van der Waals surface area contributed by atoms with E-state index in [9.17, 15) is 14.7 Å². The molecule has 0 bridgehead atoms. The smallest absolute Gasteiger partial charge is 0.326 e. The van der Waals surface area contributed by atoms with Gasteiger partial charge in [-0.2, -0.15) is 0 Å². The van der Waals surface area contributed by atoms with Gasteiger partial charge >= 0.3 is 5.97 Å². The molecule has 1 aromatic heterocycles. The van der Waals surface area contributed by atoms with Crippen molar-refractivity contribution in [1.29, 1.82) is 0 Å². The molecular weight excluding hydrogens is 296 g/mol. The van der Waals surface area contributed by atoms with Gasteiger partial charge < -0.3 is 14.5 Å². The van der Waals surface area contributed by atoms with Crippen molar-refractivity contribution in [3.63, 3.8) is 0 Å². The molecule has 6 nitrogen and oxygen atoms in total. The van der Waals surface area contributed by atoms with Gasteiger partial charge in [-0.3, -0.25) is 4.79 Å². The third kappa shape index (κ3) is 2.50. The number of fused-ring (bicyclic) bond motifs is 1. The minimum atomic E-state index is -1.00. The second-order valence-electron chi connectivity index (χ2n) is 6.15. The minimum Gasteiger partial charge on any atom is -0.480 e. The van der Waals surface area contributed by atoms with Crippen molar-refractivity contribution in [2.24, 2.45) is 0 Å². The SMILES string of the molecule is O=C(O)[C@@H]1Cc2ccccc2CN1C(=O)c1cc(C2CC2)on1. The molecule has 0 unspecified atom stereocenters. The molecule has 0 radical (unpaired) electrons. The largest absolute Gasteiger partial charge is 0.480 e. The maximum atomic E-state index is 12.7. The van der Waals surface area contributed by atoms with Crippen LogP contribution in [-0.4, -0.2) is 33.1 Å². The average molecular weight is 312 g/mol. The summed E-state index contributed by atoms with van der Waals surface area (Å²) in [6.45, 7) is 0.275. The van der Waals surface area contributed by atoms with Gasteiger partial charge in [0.1, 0.15) is 11.8 Å². The van der Waals surface area contributed by atoms with Gasteiger partial charge in [-0.15, -0.1) is 0 Å². The zero-order valence-corrected chi connectivity index (χ0v) is 12.4. The van der Waals surface area contributed by atoms with Crippen LogP contribution in [0.25, 0.3) is 0 Å². The number of rotatable bonds is 3. The topological polar surface area (TPSA) is 83.6 Å². The molecule has 23 heavy (non-hydrogen) atoms. The van der Waals surface area contributed by atoms with Crippen LogP contribution in [0.4, 0.5) is 0 Å². The van der Waals surface area contributed by atoms with E-state index in [-0.39, 0.29) is 18.1 Å². The van der Waals surface area contributed by atoms with Gasteiger partial charge in [-0.1, -0.05) is 29.4 Å². The number of carbonyl (C=O) groups is 2. The highest BCUT2D eigenvalue weighted by molar-refractivity contribution is 5.95.